The number of amides is 1. The zero-order valence-electron chi connectivity index (χ0n) is 11.2. The second-order valence-electron chi connectivity index (χ2n) is 4.14. The van der Waals surface area contributed by atoms with Crippen LogP contribution in [0.3, 0.4) is 0 Å². The van der Waals surface area contributed by atoms with Gasteiger partial charge in [-0.2, -0.15) is 11.8 Å². The molecule has 0 aliphatic rings. The van der Waals surface area contributed by atoms with E-state index < -0.39 is 17.4 Å². The van der Waals surface area contributed by atoms with Crippen LogP contribution in [0.4, 0.5) is 0 Å². The summed E-state index contributed by atoms with van der Waals surface area (Å²) in [5.41, 5.74) is 10.1. The van der Waals surface area contributed by atoms with E-state index in [2.05, 4.69) is 0 Å². The fraction of sp³-hybridized carbons (Fsp3) is 0.385. The van der Waals surface area contributed by atoms with Crippen LogP contribution in [0.1, 0.15) is 12.0 Å². The average Bonchev–Trinajstić information content (AvgIpc) is 2.42. The fourth-order valence-corrected chi connectivity index (χ4v) is 1.97. The van der Waals surface area contributed by atoms with Crippen molar-refractivity contribution in [3.05, 3.63) is 35.9 Å². The van der Waals surface area contributed by atoms with Gasteiger partial charge in [0, 0.05) is 0 Å². The molecule has 1 aromatic rings. The van der Waals surface area contributed by atoms with Gasteiger partial charge in [-0.3, -0.25) is 4.79 Å². The van der Waals surface area contributed by atoms with Gasteiger partial charge in [-0.25, -0.2) is 4.79 Å². The minimum absolute atomic E-state index is 0. The SMILES string of the molecule is CSCCC(N)(C(N)=O)C(=O)OCc1ccccc1.Cl. The Labute approximate surface area is 128 Å². The summed E-state index contributed by atoms with van der Waals surface area (Å²) in [5.74, 6) is -1.09. The third-order valence-corrected chi connectivity index (χ3v) is 3.33. The molecular formula is C13H19ClN2O3S. The maximum absolute atomic E-state index is 11.9. The number of ether oxygens (including phenoxy) is 1. The smallest absolute Gasteiger partial charge is 0.336 e. The standard InChI is InChI=1S/C13H18N2O3S.ClH/c1-19-8-7-13(15,11(14)16)12(17)18-9-10-5-3-2-4-6-10;/h2-6H,7-9,15H2,1H3,(H2,14,16);1H. The molecule has 1 unspecified atom stereocenters. The third-order valence-electron chi connectivity index (χ3n) is 2.72. The molecular weight excluding hydrogens is 300 g/mol. The fourth-order valence-electron chi connectivity index (χ4n) is 1.44. The average molecular weight is 319 g/mol. The number of primary amides is 1. The lowest BCUT2D eigenvalue weighted by Crippen LogP contribution is -2.59. The highest BCUT2D eigenvalue weighted by Gasteiger charge is 2.41. The van der Waals surface area contributed by atoms with Crippen LogP contribution in [0.15, 0.2) is 30.3 Å². The largest absolute Gasteiger partial charge is 0.459 e. The van der Waals surface area contributed by atoms with E-state index in [1.54, 1.807) is 0 Å². The first-order valence-corrected chi connectivity index (χ1v) is 7.19. The van der Waals surface area contributed by atoms with E-state index in [0.29, 0.717) is 5.75 Å². The van der Waals surface area contributed by atoms with Crippen LogP contribution < -0.4 is 11.5 Å². The molecule has 20 heavy (non-hydrogen) atoms. The summed E-state index contributed by atoms with van der Waals surface area (Å²) in [5, 5.41) is 0. The maximum atomic E-state index is 11.9. The zero-order valence-corrected chi connectivity index (χ0v) is 12.8. The van der Waals surface area contributed by atoms with Crippen molar-refractivity contribution in [1.82, 2.24) is 0 Å². The molecule has 1 amide bonds. The van der Waals surface area contributed by atoms with Crippen molar-refractivity contribution >= 4 is 36.0 Å². The van der Waals surface area contributed by atoms with E-state index in [4.69, 9.17) is 16.2 Å². The van der Waals surface area contributed by atoms with Crippen LogP contribution in [-0.2, 0) is 20.9 Å². The molecule has 1 atom stereocenters. The predicted octanol–water partition coefficient (Wildman–Crippen LogP) is 1.09. The molecule has 0 spiro atoms. The minimum Gasteiger partial charge on any atom is -0.459 e. The summed E-state index contributed by atoms with van der Waals surface area (Å²) in [6, 6.07) is 9.16. The van der Waals surface area contributed by atoms with Gasteiger partial charge in [0.05, 0.1) is 0 Å². The van der Waals surface area contributed by atoms with E-state index in [9.17, 15) is 9.59 Å². The highest BCUT2D eigenvalue weighted by atomic mass is 35.5. The van der Waals surface area contributed by atoms with Gasteiger partial charge in [-0.1, -0.05) is 30.3 Å². The Morgan fingerprint density at radius 3 is 2.40 bits per heavy atom. The van der Waals surface area contributed by atoms with Crippen molar-refractivity contribution in [2.24, 2.45) is 11.5 Å². The quantitative estimate of drug-likeness (QED) is 0.579. The highest BCUT2D eigenvalue weighted by Crippen LogP contribution is 2.14. The monoisotopic (exact) mass is 318 g/mol. The lowest BCUT2D eigenvalue weighted by Gasteiger charge is -2.23. The molecule has 0 aliphatic carbocycles. The Morgan fingerprint density at radius 2 is 1.90 bits per heavy atom. The van der Waals surface area contributed by atoms with Gasteiger partial charge in [0.1, 0.15) is 6.61 Å². The molecule has 0 saturated heterocycles. The number of thioether (sulfide) groups is 1. The summed E-state index contributed by atoms with van der Waals surface area (Å²) < 4.78 is 5.08. The van der Waals surface area contributed by atoms with Crippen molar-refractivity contribution in [2.45, 2.75) is 18.6 Å². The van der Waals surface area contributed by atoms with Crippen molar-refractivity contribution < 1.29 is 14.3 Å². The van der Waals surface area contributed by atoms with Gasteiger partial charge < -0.3 is 16.2 Å². The van der Waals surface area contributed by atoms with E-state index in [0.717, 1.165) is 5.56 Å². The lowest BCUT2D eigenvalue weighted by atomic mass is 9.97. The lowest BCUT2D eigenvalue weighted by molar-refractivity contribution is -0.155. The van der Waals surface area contributed by atoms with Crippen molar-refractivity contribution in [1.29, 1.82) is 0 Å². The molecule has 0 aliphatic heterocycles. The van der Waals surface area contributed by atoms with E-state index in [-0.39, 0.29) is 25.4 Å². The second kappa shape index (κ2) is 8.84. The van der Waals surface area contributed by atoms with Crippen LogP contribution in [-0.4, -0.2) is 29.4 Å². The molecule has 112 valence electrons. The molecule has 0 bridgehead atoms. The van der Waals surface area contributed by atoms with E-state index in [1.807, 2.05) is 36.6 Å². The topological polar surface area (TPSA) is 95.4 Å². The van der Waals surface area contributed by atoms with Crippen LogP contribution in [0.5, 0.6) is 0 Å². The predicted molar refractivity (Wildman–Crippen MR) is 82.6 cm³/mol. The zero-order chi connectivity index (χ0) is 14.3. The number of nitrogens with two attached hydrogens (primary N) is 2. The normalized spacial score (nSPS) is 12.9. The first-order valence-electron chi connectivity index (χ1n) is 5.79. The van der Waals surface area contributed by atoms with Crippen molar-refractivity contribution in [3.63, 3.8) is 0 Å². The molecule has 0 radical (unpaired) electrons. The molecule has 1 rings (SSSR count). The van der Waals surface area contributed by atoms with Gasteiger partial charge in [-0.05, 0) is 24.0 Å². The molecule has 1 aromatic carbocycles. The van der Waals surface area contributed by atoms with Crippen LogP contribution >= 0.6 is 24.2 Å². The first kappa shape index (κ1) is 18.8. The summed E-state index contributed by atoms with van der Waals surface area (Å²) in [6.45, 7) is 0.0746. The number of hydrogen-bond donors (Lipinski definition) is 2. The van der Waals surface area contributed by atoms with Crippen LogP contribution in [0.25, 0.3) is 0 Å². The first-order chi connectivity index (χ1) is 9.00. The van der Waals surface area contributed by atoms with E-state index in [1.165, 1.54) is 11.8 Å². The number of carbonyl (C=O) groups excluding carboxylic acids is 2. The number of halogens is 1. The molecule has 0 fully saturated rings. The Morgan fingerprint density at radius 1 is 1.30 bits per heavy atom. The Bertz CT molecular complexity index is 445. The number of rotatable bonds is 7. The van der Waals surface area contributed by atoms with Gasteiger partial charge in [0.25, 0.3) is 0 Å². The molecule has 4 N–H and O–H groups in total. The molecule has 0 aromatic heterocycles. The third kappa shape index (κ3) is 5.03. The Balaban J connectivity index is 0.00000361. The van der Waals surface area contributed by atoms with Gasteiger partial charge >= 0.3 is 5.97 Å². The molecule has 5 nitrogen and oxygen atoms in total. The van der Waals surface area contributed by atoms with Crippen LogP contribution in [0, 0.1) is 0 Å². The number of benzene rings is 1. The Hall–Kier alpha value is -1.24. The summed E-state index contributed by atoms with van der Waals surface area (Å²) in [4.78, 5) is 23.3. The second-order valence-corrected chi connectivity index (χ2v) is 5.13. The van der Waals surface area contributed by atoms with Crippen LogP contribution in [0.2, 0.25) is 0 Å². The molecule has 0 saturated carbocycles. The summed E-state index contributed by atoms with van der Waals surface area (Å²) in [7, 11) is 0. The molecule has 7 heteroatoms. The van der Waals surface area contributed by atoms with Crippen molar-refractivity contribution in [2.75, 3.05) is 12.0 Å². The maximum Gasteiger partial charge on any atom is 0.336 e. The minimum atomic E-state index is -1.75. The van der Waals surface area contributed by atoms with Crippen molar-refractivity contribution in [3.8, 4) is 0 Å². The Kier molecular flexibility index (Phi) is 8.29. The van der Waals surface area contributed by atoms with E-state index >= 15 is 0 Å². The number of hydrogen-bond acceptors (Lipinski definition) is 5. The molecule has 0 heterocycles. The number of esters is 1. The van der Waals surface area contributed by atoms with Gasteiger partial charge in [0.15, 0.2) is 5.54 Å². The van der Waals surface area contributed by atoms with Gasteiger partial charge in [0.2, 0.25) is 5.91 Å². The summed E-state index contributed by atoms with van der Waals surface area (Å²) >= 11 is 1.48. The highest BCUT2D eigenvalue weighted by molar-refractivity contribution is 7.98. The number of carbonyl (C=O) groups is 2. The summed E-state index contributed by atoms with van der Waals surface area (Å²) in [6.07, 6.45) is 2.02. The van der Waals surface area contributed by atoms with Gasteiger partial charge in [-0.15, -0.1) is 12.4 Å².